The number of benzene rings is 1. The van der Waals surface area contributed by atoms with Crippen molar-refractivity contribution in [2.45, 2.75) is 57.6 Å². The number of hydrogen-bond donors (Lipinski definition) is 1. The van der Waals surface area contributed by atoms with E-state index < -0.39 is 23.7 Å². The number of hydrogen-bond acceptors (Lipinski definition) is 5. The number of rotatable bonds is 2. The first-order valence-electron chi connectivity index (χ1n) is 10.1. The van der Waals surface area contributed by atoms with Crippen LogP contribution in [0.2, 0.25) is 10.0 Å². The van der Waals surface area contributed by atoms with Crippen LogP contribution in [0.3, 0.4) is 0 Å². The Balaban J connectivity index is 1.56. The number of carbonyl (C=O) groups excluding carboxylic acids is 1. The third kappa shape index (κ3) is 4.61. The maximum atomic E-state index is 14.2. The molecule has 0 fully saturated rings. The topological polar surface area (TPSA) is 66.8 Å². The maximum Gasteiger partial charge on any atom is 0.435 e. The van der Waals surface area contributed by atoms with Gasteiger partial charge in [0.15, 0.2) is 0 Å². The van der Waals surface area contributed by atoms with E-state index in [-0.39, 0.29) is 39.6 Å². The Morgan fingerprint density at radius 2 is 1.73 bits per heavy atom. The van der Waals surface area contributed by atoms with Gasteiger partial charge in [0.1, 0.15) is 11.5 Å². The van der Waals surface area contributed by atoms with E-state index >= 15 is 0 Å². The molecule has 2 aromatic rings. The molecule has 1 aromatic heterocycles. The van der Waals surface area contributed by atoms with Gasteiger partial charge in [0, 0.05) is 40.4 Å². The molecule has 1 N–H and O–H groups in total. The van der Waals surface area contributed by atoms with Gasteiger partial charge in [0.25, 0.3) is 11.5 Å². The molecule has 11 heteroatoms. The van der Waals surface area contributed by atoms with Crippen LogP contribution in [0.4, 0.5) is 13.2 Å². The minimum atomic E-state index is -4.77. The minimum absolute atomic E-state index is 0.0684. The number of oxime groups is 1. The molecule has 6 nitrogen and oxygen atoms in total. The number of halogens is 5. The van der Waals surface area contributed by atoms with Crippen LogP contribution in [0.25, 0.3) is 0 Å². The number of pyridine rings is 1. The number of fused-ring (bicyclic) bond motifs is 1. The van der Waals surface area contributed by atoms with Crippen molar-refractivity contribution < 1.29 is 22.8 Å². The van der Waals surface area contributed by atoms with E-state index in [2.05, 4.69) is 15.5 Å². The highest BCUT2D eigenvalue weighted by atomic mass is 35.5. The molecule has 1 unspecified atom stereocenters. The first-order valence-corrected chi connectivity index (χ1v) is 10.9. The molecule has 3 heterocycles. The molecule has 0 radical (unpaired) electrons. The van der Waals surface area contributed by atoms with Crippen LogP contribution in [0, 0.1) is 0 Å². The summed E-state index contributed by atoms with van der Waals surface area (Å²) in [6.07, 6.45) is -3.73. The first-order chi connectivity index (χ1) is 15.3. The van der Waals surface area contributed by atoms with Gasteiger partial charge in [0.05, 0.1) is 6.42 Å². The normalized spacial score (nSPS) is 20.4. The second-order valence-electron chi connectivity index (χ2n) is 9.16. The number of amides is 1. The average molecular weight is 501 g/mol. The van der Waals surface area contributed by atoms with E-state index in [0.29, 0.717) is 6.54 Å². The van der Waals surface area contributed by atoms with Gasteiger partial charge in [0.2, 0.25) is 0 Å². The van der Waals surface area contributed by atoms with Crippen molar-refractivity contribution >= 4 is 34.9 Å². The van der Waals surface area contributed by atoms with Gasteiger partial charge in [-0.1, -0.05) is 28.4 Å². The van der Waals surface area contributed by atoms with E-state index in [4.69, 9.17) is 28.0 Å². The third-order valence-electron chi connectivity index (χ3n) is 5.39. The highest BCUT2D eigenvalue weighted by Gasteiger charge is 2.63. The summed E-state index contributed by atoms with van der Waals surface area (Å²) in [5.74, 6) is -0.181. The van der Waals surface area contributed by atoms with Crippen LogP contribution < -0.4 is 5.32 Å². The lowest BCUT2D eigenvalue weighted by Gasteiger charge is -2.30. The fourth-order valence-corrected chi connectivity index (χ4v) is 4.36. The standard InChI is InChI=1S/C22H21Cl2F3N4O2/c1-20(2,3)29-19(32)17-4-12-10-31(11-13(12)9-28-17)18-8-21(33-30-18,22(25,26)27)14-5-15(23)7-16(24)6-14/h4-7,9H,8,10-11H2,1-3H3,(H,29,32). The molecule has 0 aliphatic carbocycles. The Labute approximate surface area is 198 Å². The molecule has 1 aromatic carbocycles. The zero-order valence-corrected chi connectivity index (χ0v) is 19.6. The summed E-state index contributed by atoms with van der Waals surface area (Å²) in [7, 11) is 0. The van der Waals surface area contributed by atoms with Crippen LogP contribution in [0.1, 0.15) is 54.4 Å². The van der Waals surface area contributed by atoms with Crippen molar-refractivity contribution in [2.24, 2.45) is 5.16 Å². The van der Waals surface area contributed by atoms with Gasteiger partial charge in [-0.2, -0.15) is 13.2 Å². The molecule has 0 bridgehead atoms. The van der Waals surface area contributed by atoms with Crippen LogP contribution >= 0.6 is 23.2 Å². The zero-order chi connectivity index (χ0) is 24.2. The monoisotopic (exact) mass is 500 g/mol. The summed E-state index contributed by atoms with van der Waals surface area (Å²) >= 11 is 11.9. The summed E-state index contributed by atoms with van der Waals surface area (Å²) in [6, 6.07) is 5.37. The summed E-state index contributed by atoms with van der Waals surface area (Å²) < 4.78 is 42.6. The Kier molecular flexibility index (Phi) is 5.77. The van der Waals surface area contributed by atoms with Crippen molar-refractivity contribution in [1.82, 2.24) is 15.2 Å². The Bertz CT molecular complexity index is 1130. The Morgan fingerprint density at radius 3 is 2.33 bits per heavy atom. The summed E-state index contributed by atoms with van der Waals surface area (Å²) in [5.41, 5.74) is -1.49. The lowest BCUT2D eigenvalue weighted by molar-refractivity contribution is -0.275. The first kappa shape index (κ1) is 23.6. The lowest BCUT2D eigenvalue weighted by Crippen LogP contribution is -2.43. The maximum absolute atomic E-state index is 14.2. The fourth-order valence-electron chi connectivity index (χ4n) is 3.84. The quantitative estimate of drug-likeness (QED) is 0.597. The molecule has 2 aliphatic heterocycles. The predicted molar refractivity (Wildman–Crippen MR) is 118 cm³/mol. The molecular formula is C22H21Cl2F3N4O2. The number of carbonyl (C=O) groups is 1. The summed E-state index contributed by atoms with van der Waals surface area (Å²) in [5, 5.41) is 6.78. The van der Waals surface area contributed by atoms with Gasteiger partial charge in [-0.05, 0) is 56.2 Å². The fraction of sp³-hybridized carbons (Fsp3) is 0.409. The van der Waals surface area contributed by atoms with E-state index in [0.717, 1.165) is 11.1 Å². The second kappa shape index (κ2) is 8.06. The van der Waals surface area contributed by atoms with Crippen LogP contribution in [0.5, 0.6) is 0 Å². The Hall–Kier alpha value is -2.52. The van der Waals surface area contributed by atoms with Gasteiger partial charge < -0.3 is 15.1 Å². The van der Waals surface area contributed by atoms with Gasteiger partial charge in [-0.15, -0.1) is 0 Å². The molecule has 176 valence electrons. The smallest absolute Gasteiger partial charge is 0.372 e. The van der Waals surface area contributed by atoms with Gasteiger partial charge >= 0.3 is 6.18 Å². The highest BCUT2D eigenvalue weighted by molar-refractivity contribution is 6.34. The van der Waals surface area contributed by atoms with Crippen LogP contribution in [-0.4, -0.2) is 33.3 Å². The summed E-state index contributed by atoms with van der Waals surface area (Å²) in [4.78, 5) is 23.4. The largest absolute Gasteiger partial charge is 0.435 e. The second-order valence-corrected chi connectivity index (χ2v) is 10.0. The molecule has 1 amide bonds. The van der Waals surface area contributed by atoms with Crippen molar-refractivity contribution in [3.63, 3.8) is 0 Å². The van der Waals surface area contributed by atoms with Gasteiger partial charge in [-0.3, -0.25) is 9.78 Å². The number of amidine groups is 1. The molecule has 33 heavy (non-hydrogen) atoms. The van der Waals surface area contributed by atoms with Crippen molar-refractivity contribution in [2.75, 3.05) is 0 Å². The molecule has 2 aliphatic rings. The number of nitrogens with zero attached hydrogens (tertiary/aromatic N) is 3. The SMILES string of the molecule is CC(C)(C)NC(=O)c1cc2c(cn1)CN(C1=NOC(c3cc(Cl)cc(Cl)c3)(C(F)(F)F)C1)C2. The van der Waals surface area contributed by atoms with E-state index in [1.165, 1.54) is 18.2 Å². The van der Waals surface area contributed by atoms with Crippen molar-refractivity contribution in [3.8, 4) is 0 Å². The number of aromatic nitrogens is 1. The molecule has 0 spiro atoms. The van der Waals surface area contributed by atoms with Crippen molar-refractivity contribution in [1.29, 1.82) is 0 Å². The van der Waals surface area contributed by atoms with Crippen LogP contribution in [-0.2, 0) is 23.5 Å². The minimum Gasteiger partial charge on any atom is -0.372 e. The highest BCUT2D eigenvalue weighted by Crippen LogP contribution is 2.49. The number of nitrogens with one attached hydrogen (secondary N) is 1. The molecule has 4 rings (SSSR count). The van der Waals surface area contributed by atoms with Crippen LogP contribution in [0.15, 0.2) is 35.6 Å². The lowest BCUT2D eigenvalue weighted by atomic mass is 9.89. The molecular weight excluding hydrogens is 480 g/mol. The molecule has 0 saturated heterocycles. The average Bonchev–Trinajstić information content (AvgIpc) is 3.30. The predicted octanol–water partition coefficient (Wildman–Crippen LogP) is 5.42. The number of alkyl halides is 3. The summed E-state index contributed by atoms with van der Waals surface area (Å²) in [6.45, 7) is 6.16. The van der Waals surface area contributed by atoms with Gasteiger partial charge in [-0.25, -0.2) is 0 Å². The third-order valence-corrected chi connectivity index (χ3v) is 5.83. The Morgan fingerprint density at radius 1 is 1.09 bits per heavy atom. The molecule has 1 atom stereocenters. The molecule has 0 saturated carbocycles. The van der Waals surface area contributed by atoms with Crippen molar-refractivity contribution in [3.05, 3.63) is 62.9 Å². The van der Waals surface area contributed by atoms with E-state index in [1.54, 1.807) is 17.2 Å². The van der Waals surface area contributed by atoms with E-state index in [9.17, 15) is 18.0 Å². The van der Waals surface area contributed by atoms with E-state index in [1.807, 2.05) is 20.8 Å². The zero-order valence-electron chi connectivity index (χ0n) is 18.1.